The molecule has 4 aromatic rings. The maximum absolute atomic E-state index is 15.5. The maximum Gasteiger partial charge on any atom is 0.419 e. The average molecular weight is 495 g/mol. The molecule has 0 saturated carbocycles. The number of halogens is 1. The van der Waals surface area contributed by atoms with Gasteiger partial charge in [0.05, 0.1) is 16.3 Å². The van der Waals surface area contributed by atoms with E-state index in [2.05, 4.69) is 16.7 Å². The van der Waals surface area contributed by atoms with Crippen LogP contribution in [-0.4, -0.2) is 42.3 Å². The van der Waals surface area contributed by atoms with Crippen LogP contribution in [0.15, 0.2) is 45.6 Å². The first-order valence-electron chi connectivity index (χ1n) is 11.3. The highest BCUT2D eigenvalue weighted by Gasteiger charge is 2.24. The van der Waals surface area contributed by atoms with Crippen molar-refractivity contribution in [1.82, 2.24) is 15.2 Å². The van der Waals surface area contributed by atoms with E-state index in [4.69, 9.17) is 9.15 Å². The molecule has 10 heteroatoms. The summed E-state index contributed by atoms with van der Waals surface area (Å²) in [5.41, 5.74) is 2.34. The van der Waals surface area contributed by atoms with Crippen LogP contribution in [0, 0.1) is 17.1 Å². The van der Waals surface area contributed by atoms with Crippen LogP contribution in [0.3, 0.4) is 0 Å². The fourth-order valence-electron chi connectivity index (χ4n) is 4.19. The molecule has 180 valence electrons. The number of ether oxygens (including phenoxy) is 1. The van der Waals surface area contributed by atoms with Crippen molar-refractivity contribution in [3.05, 3.63) is 58.3 Å². The van der Waals surface area contributed by atoms with Crippen LogP contribution in [0.25, 0.3) is 31.6 Å². The second-order valence-electron chi connectivity index (χ2n) is 8.49. The number of carbonyl (C=O) groups excluding carboxylic acids is 1. The van der Waals surface area contributed by atoms with Crippen LogP contribution in [0.5, 0.6) is 0 Å². The van der Waals surface area contributed by atoms with E-state index in [1.165, 1.54) is 15.9 Å². The first-order chi connectivity index (χ1) is 16.9. The predicted octanol–water partition coefficient (Wildman–Crippen LogP) is 3.08. The summed E-state index contributed by atoms with van der Waals surface area (Å²) in [5.74, 6) is -1.22. The molecule has 1 aliphatic heterocycles. The number of fused-ring (bicyclic) bond motifs is 2. The number of oxazole rings is 1. The van der Waals surface area contributed by atoms with Crippen molar-refractivity contribution in [3.8, 4) is 16.5 Å². The van der Waals surface area contributed by atoms with Crippen LogP contribution in [-0.2, 0) is 23.0 Å². The number of carbonyl (C=O) groups is 1. The first kappa shape index (κ1) is 23.2. The molecular formula is C25H23FN4O4S. The zero-order valence-electron chi connectivity index (χ0n) is 19.0. The number of nitrogens with one attached hydrogen (secondary N) is 2. The van der Waals surface area contributed by atoms with E-state index in [0.29, 0.717) is 34.5 Å². The van der Waals surface area contributed by atoms with Crippen molar-refractivity contribution in [2.75, 3.05) is 19.7 Å². The van der Waals surface area contributed by atoms with Gasteiger partial charge in [-0.2, -0.15) is 5.26 Å². The first-order valence-corrected chi connectivity index (χ1v) is 12.1. The molecule has 5 rings (SSSR count). The Kier molecular flexibility index (Phi) is 6.38. The molecule has 2 atom stereocenters. The Morgan fingerprint density at radius 1 is 1.37 bits per heavy atom. The van der Waals surface area contributed by atoms with Gasteiger partial charge in [-0.05, 0) is 53.7 Å². The van der Waals surface area contributed by atoms with Gasteiger partial charge in [-0.25, -0.2) is 9.18 Å². The summed E-state index contributed by atoms with van der Waals surface area (Å²) in [6, 6.07) is 11.9. The second-order valence-corrected chi connectivity index (χ2v) is 9.54. The Bertz CT molecular complexity index is 1510. The minimum atomic E-state index is -0.884. The number of aromatic nitrogens is 1. The van der Waals surface area contributed by atoms with Crippen molar-refractivity contribution < 1.29 is 18.3 Å². The number of thiophene rings is 1. The van der Waals surface area contributed by atoms with Crippen LogP contribution >= 0.6 is 11.3 Å². The molecule has 1 aliphatic rings. The molecule has 2 aromatic heterocycles. The van der Waals surface area contributed by atoms with E-state index in [0.717, 1.165) is 28.8 Å². The van der Waals surface area contributed by atoms with Gasteiger partial charge in [0.1, 0.15) is 18.0 Å². The molecule has 1 fully saturated rings. The third-order valence-electron chi connectivity index (χ3n) is 6.12. The average Bonchev–Trinajstić information content (AvgIpc) is 3.28. The van der Waals surface area contributed by atoms with Crippen LogP contribution in [0.2, 0.25) is 0 Å². The van der Waals surface area contributed by atoms with E-state index in [1.807, 2.05) is 24.3 Å². The number of aryl methyl sites for hydroxylation is 1. The van der Waals surface area contributed by atoms with Gasteiger partial charge in [0, 0.05) is 31.5 Å². The smallest absolute Gasteiger partial charge is 0.408 e. The molecule has 35 heavy (non-hydrogen) atoms. The Labute approximate surface area is 203 Å². The van der Waals surface area contributed by atoms with Gasteiger partial charge in [-0.1, -0.05) is 12.1 Å². The van der Waals surface area contributed by atoms with E-state index >= 15 is 4.39 Å². The summed E-state index contributed by atoms with van der Waals surface area (Å²) in [7, 11) is 1.64. The summed E-state index contributed by atoms with van der Waals surface area (Å²) in [6.45, 7) is 1.62. The fraction of sp³-hybridized carbons (Fsp3) is 0.320. The molecule has 8 nitrogen and oxygen atoms in total. The zero-order valence-corrected chi connectivity index (χ0v) is 19.8. The van der Waals surface area contributed by atoms with Crippen molar-refractivity contribution >= 4 is 38.4 Å². The highest BCUT2D eigenvalue weighted by atomic mass is 32.1. The van der Waals surface area contributed by atoms with Crippen LogP contribution in [0.1, 0.15) is 12.0 Å². The van der Waals surface area contributed by atoms with Gasteiger partial charge in [0.25, 0.3) is 5.91 Å². The molecule has 1 saturated heterocycles. The molecule has 0 aliphatic carbocycles. The third-order valence-corrected chi connectivity index (χ3v) is 7.31. The molecular weight excluding hydrogens is 471 g/mol. The number of hydrogen-bond donors (Lipinski definition) is 2. The SMILES string of the molecule is Cn1c(=O)oc2ccc(-c3cc4ccc(CC(C#N)NC(=O)C5CNCCCO5)c(F)c4s3)cc21. The number of nitriles is 1. The quantitative estimate of drug-likeness (QED) is 0.441. The minimum Gasteiger partial charge on any atom is -0.408 e. The molecule has 0 radical (unpaired) electrons. The number of amides is 1. The lowest BCUT2D eigenvalue weighted by molar-refractivity contribution is -0.132. The molecule has 2 N–H and O–H groups in total. The highest BCUT2D eigenvalue weighted by Crippen LogP contribution is 2.37. The number of hydrogen-bond acceptors (Lipinski definition) is 7. The monoisotopic (exact) mass is 494 g/mol. The Balaban J connectivity index is 1.38. The van der Waals surface area contributed by atoms with Gasteiger partial charge in [-0.3, -0.25) is 9.36 Å². The molecule has 2 aromatic carbocycles. The lowest BCUT2D eigenvalue weighted by Gasteiger charge is -2.18. The maximum atomic E-state index is 15.5. The van der Waals surface area contributed by atoms with Crippen molar-refractivity contribution in [3.63, 3.8) is 0 Å². The van der Waals surface area contributed by atoms with Crippen molar-refractivity contribution in [2.24, 2.45) is 7.05 Å². The number of rotatable bonds is 5. The highest BCUT2D eigenvalue weighted by molar-refractivity contribution is 7.22. The number of nitrogens with zero attached hydrogens (tertiary/aromatic N) is 2. The molecule has 1 amide bonds. The normalized spacial score (nSPS) is 17.2. The van der Waals surface area contributed by atoms with Crippen LogP contribution < -0.4 is 16.4 Å². The summed E-state index contributed by atoms with van der Waals surface area (Å²) >= 11 is 1.29. The standard InChI is InChI=1S/C25H23FN4O4S/c1-30-18-10-14(5-6-19(18)34-25(30)32)21-11-16-4-3-15(22(26)23(16)35-21)9-17(12-27)29-24(31)20-13-28-7-2-8-33-20/h3-6,10-11,17,20,28H,2,7-9,13H2,1H3,(H,29,31). The van der Waals surface area contributed by atoms with Crippen LogP contribution in [0.4, 0.5) is 4.39 Å². The largest absolute Gasteiger partial charge is 0.419 e. The summed E-state index contributed by atoms with van der Waals surface area (Å²) in [6.07, 6.45) is 0.182. The van der Waals surface area contributed by atoms with Gasteiger partial charge >= 0.3 is 5.76 Å². The summed E-state index contributed by atoms with van der Waals surface area (Å²) in [4.78, 5) is 25.2. The Morgan fingerprint density at radius 2 is 2.23 bits per heavy atom. The topological polar surface area (TPSA) is 109 Å². The Hall–Kier alpha value is -3.52. The van der Waals surface area contributed by atoms with Gasteiger partial charge in [0.15, 0.2) is 5.58 Å². The van der Waals surface area contributed by atoms with Crippen molar-refractivity contribution in [2.45, 2.75) is 25.0 Å². The minimum absolute atomic E-state index is 0.0421. The molecule has 3 heterocycles. The molecule has 0 spiro atoms. The van der Waals surface area contributed by atoms with Gasteiger partial charge in [-0.15, -0.1) is 11.3 Å². The number of benzene rings is 2. The van der Waals surface area contributed by atoms with Gasteiger partial charge < -0.3 is 19.8 Å². The van der Waals surface area contributed by atoms with Crippen molar-refractivity contribution in [1.29, 1.82) is 5.26 Å². The predicted molar refractivity (Wildman–Crippen MR) is 131 cm³/mol. The Morgan fingerprint density at radius 3 is 3.06 bits per heavy atom. The van der Waals surface area contributed by atoms with E-state index in [9.17, 15) is 14.9 Å². The second kappa shape index (κ2) is 9.62. The lowest BCUT2D eigenvalue weighted by Crippen LogP contribution is -2.46. The zero-order chi connectivity index (χ0) is 24.5. The van der Waals surface area contributed by atoms with E-state index in [1.54, 1.807) is 19.2 Å². The summed E-state index contributed by atoms with van der Waals surface area (Å²) in [5, 5.41) is 16.1. The lowest BCUT2D eigenvalue weighted by atomic mass is 10.0. The van der Waals surface area contributed by atoms with E-state index < -0.39 is 23.7 Å². The fourth-order valence-corrected chi connectivity index (χ4v) is 5.30. The van der Waals surface area contributed by atoms with Gasteiger partial charge in [0.2, 0.25) is 0 Å². The third kappa shape index (κ3) is 4.58. The molecule has 0 bridgehead atoms. The summed E-state index contributed by atoms with van der Waals surface area (Å²) < 4.78 is 28.1. The van der Waals surface area contributed by atoms with E-state index in [-0.39, 0.29) is 12.3 Å². The molecule has 2 unspecified atom stereocenters.